The number of pyridine rings is 1. The van der Waals surface area contributed by atoms with Crippen LogP contribution in [-0.4, -0.2) is 14.5 Å². The number of fused-ring (bicyclic) bond motifs is 1. The van der Waals surface area contributed by atoms with Crippen LogP contribution < -0.4 is 5.73 Å². The van der Waals surface area contributed by atoms with Gasteiger partial charge in [-0.25, -0.2) is 9.97 Å². The molecule has 2 aromatic heterocycles. The molecule has 0 bridgehead atoms. The van der Waals surface area contributed by atoms with E-state index < -0.39 is 0 Å². The molecule has 0 spiro atoms. The topological polar surface area (TPSA) is 56.7 Å². The fourth-order valence-electron chi connectivity index (χ4n) is 2.34. The molecule has 16 heavy (non-hydrogen) atoms. The van der Waals surface area contributed by atoms with E-state index in [2.05, 4.69) is 9.55 Å². The Kier molecular flexibility index (Phi) is 1.47. The van der Waals surface area contributed by atoms with E-state index in [1.807, 2.05) is 6.07 Å². The molecular formula is C12H14N4. The minimum atomic E-state index is 0.650. The third-order valence-electron chi connectivity index (χ3n) is 3.43. The Morgan fingerprint density at radius 2 is 2.06 bits per heavy atom. The SMILES string of the molecule is Nc1cnc2c(c1)nc(C1CC1)n2C1CC1. The van der Waals surface area contributed by atoms with Gasteiger partial charge in [-0.2, -0.15) is 0 Å². The van der Waals surface area contributed by atoms with Crippen LogP contribution in [0.1, 0.15) is 43.5 Å². The van der Waals surface area contributed by atoms with E-state index in [1.54, 1.807) is 6.20 Å². The van der Waals surface area contributed by atoms with Crippen LogP contribution >= 0.6 is 0 Å². The van der Waals surface area contributed by atoms with Crippen LogP contribution in [0.15, 0.2) is 12.3 Å². The van der Waals surface area contributed by atoms with Crippen LogP contribution in [0.25, 0.3) is 11.2 Å². The monoisotopic (exact) mass is 214 g/mol. The van der Waals surface area contributed by atoms with Gasteiger partial charge in [-0.3, -0.25) is 0 Å². The fraction of sp³-hybridized carbons (Fsp3) is 0.500. The second-order valence-electron chi connectivity index (χ2n) is 4.96. The lowest BCUT2D eigenvalue weighted by Gasteiger charge is -2.05. The zero-order chi connectivity index (χ0) is 10.7. The molecule has 82 valence electrons. The lowest BCUT2D eigenvalue weighted by molar-refractivity contribution is 0.697. The number of rotatable bonds is 2. The minimum absolute atomic E-state index is 0.650. The van der Waals surface area contributed by atoms with Crippen molar-refractivity contribution in [1.82, 2.24) is 14.5 Å². The fourth-order valence-corrected chi connectivity index (χ4v) is 2.34. The lowest BCUT2D eigenvalue weighted by atomic mass is 10.4. The molecule has 2 aromatic rings. The predicted octanol–water partition coefficient (Wildman–Crippen LogP) is 2.23. The summed E-state index contributed by atoms with van der Waals surface area (Å²) in [7, 11) is 0. The van der Waals surface area contributed by atoms with Crippen molar-refractivity contribution in [2.45, 2.75) is 37.6 Å². The van der Waals surface area contributed by atoms with Crippen LogP contribution in [0.4, 0.5) is 5.69 Å². The average molecular weight is 214 g/mol. The predicted molar refractivity (Wildman–Crippen MR) is 62.2 cm³/mol. The standard InChI is InChI=1S/C12H14N4/c13-8-5-10-12(14-6-8)16(9-3-4-9)11(15-10)7-1-2-7/h5-7,9H,1-4,13H2. The smallest absolute Gasteiger partial charge is 0.160 e. The van der Waals surface area contributed by atoms with Gasteiger partial charge in [-0.15, -0.1) is 0 Å². The number of nitrogens with zero attached hydrogens (tertiary/aromatic N) is 3. The summed E-state index contributed by atoms with van der Waals surface area (Å²) in [6, 6.07) is 2.59. The lowest BCUT2D eigenvalue weighted by Crippen LogP contribution is -2.00. The Morgan fingerprint density at radius 1 is 1.25 bits per heavy atom. The Morgan fingerprint density at radius 3 is 2.75 bits per heavy atom. The summed E-state index contributed by atoms with van der Waals surface area (Å²) in [5.41, 5.74) is 8.45. The van der Waals surface area contributed by atoms with Crippen molar-refractivity contribution < 1.29 is 0 Å². The van der Waals surface area contributed by atoms with E-state index in [-0.39, 0.29) is 0 Å². The quantitative estimate of drug-likeness (QED) is 0.834. The van der Waals surface area contributed by atoms with Gasteiger partial charge in [0.1, 0.15) is 11.3 Å². The van der Waals surface area contributed by atoms with E-state index in [1.165, 1.54) is 31.5 Å². The van der Waals surface area contributed by atoms with Gasteiger partial charge in [0.15, 0.2) is 5.65 Å². The summed E-state index contributed by atoms with van der Waals surface area (Å²) in [4.78, 5) is 9.17. The Balaban J connectivity index is 2.00. The summed E-state index contributed by atoms with van der Waals surface area (Å²) >= 11 is 0. The van der Waals surface area contributed by atoms with Crippen molar-refractivity contribution in [2.24, 2.45) is 0 Å². The molecule has 2 fully saturated rings. The van der Waals surface area contributed by atoms with Crippen LogP contribution in [0.5, 0.6) is 0 Å². The summed E-state index contributed by atoms with van der Waals surface area (Å²) in [5, 5.41) is 0. The second-order valence-corrected chi connectivity index (χ2v) is 4.96. The maximum atomic E-state index is 5.75. The number of hydrogen-bond donors (Lipinski definition) is 1. The molecule has 2 saturated carbocycles. The molecule has 0 unspecified atom stereocenters. The minimum Gasteiger partial charge on any atom is -0.397 e. The molecular weight excluding hydrogens is 200 g/mol. The third-order valence-corrected chi connectivity index (χ3v) is 3.43. The van der Waals surface area contributed by atoms with Gasteiger partial charge < -0.3 is 10.3 Å². The summed E-state index contributed by atoms with van der Waals surface area (Å²) < 4.78 is 2.35. The van der Waals surface area contributed by atoms with Gasteiger partial charge in [0.05, 0.1) is 11.9 Å². The van der Waals surface area contributed by atoms with E-state index in [0.717, 1.165) is 11.2 Å². The van der Waals surface area contributed by atoms with Gasteiger partial charge >= 0.3 is 0 Å². The number of aromatic nitrogens is 3. The van der Waals surface area contributed by atoms with Gasteiger partial charge in [0.25, 0.3) is 0 Å². The normalized spacial score (nSPS) is 20.5. The van der Waals surface area contributed by atoms with Crippen LogP contribution in [-0.2, 0) is 0 Å². The van der Waals surface area contributed by atoms with E-state index in [4.69, 9.17) is 10.7 Å². The van der Waals surface area contributed by atoms with Crippen molar-refractivity contribution in [3.63, 3.8) is 0 Å². The molecule has 0 radical (unpaired) electrons. The molecule has 2 aliphatic rings. The molecule has 0 amide bonds. The number of anilines is 1. The van der Waals surface area contributed by atoms with E-state index >= 15 is 0 Å². The molecule has 2 N–H and O–H groups in total. The molecule has 2 heterocycles. The number of nitrogen functional groups attached to an aromatic ring is 1. The Hall–Kier alpha value is -1.58. The van der Waals surface area contributed by atoms with Crippen molar-refractivity contribution >= 4 is 16.9 Å². The maximum Gasteiger partial charge on any atom is 0.160 e. The first kappa shape index (κ1) is 8.56. The van der Waals surface area contributed by atoms with Gasteiger partial charge in [0.2, 0.25) is 0 Å². The largest absolute Gasteiger partial charge is 0.397 e. The summed E-state index contributed by atoms with van der Waals surface area (Å²) in [6.07, 6.45) is 6.85. The summed E-state index contributed by atoms with van der Waals surface area (Å²) in [5.74, 6) is 1.92. The van der Waals surface area contributed by atoms with Crippen molar-refractivity contribution in [3.05, 3.63) is 18.1 Å². The number of hydrogen-bond acceptors (Lipinski definition) is 3. The van der Waals surface area contributed by atoms with Gasteiger partial charge in [-0.05, 0) is 31.7 Å². The molecule has 0 saturated heterocycles. The molecule has 4 heteroatoms. The molecule has 4 nitrogen and oxygen atoms in total. The van der Waals surface area contributed by atoms with Crippen LogP contribution in [0.3, 0.4) is 0 Å². The van der Waals surface area contributed by atoms with Gasteiger partial charge in [-0.1, -0.05) is 0 Å². The number of nitrogens with two attached hydrogens (primary N) is 1. The van der Waals surface area contributed by atoms with Gasteiger partial charge in [0, 0.05) is 12.0 Å². The van der Waals surface area contributed by atoms with Crippen LogP contribution in [0, 0.1) is 0 Å². The highest BCUT2D eigenvalue weighted by molar-refractivity contribution is 5.75. The van der Waals surface area contributed by atoms with Crippen molar-refractivity contribution in [1.29, 1.82) is 0 Å². The molecule has 2 aliphatic carbocycles. The number of imidazole rings is 1. The molecule has 4 rings (SSSR count). The Labute approximate surface area is 93.5 Å². The first-order valence-corrected chi connectivity index (χ1v) is 5.96. The van der Waals surface area contributed by atoms with E-state index in [0.29, 0.717) is 17.6 Å². The highest BCUT2D eigenvalue weighted by Gasteiger charge is 2.35. The van der Waals surface area contributed by atoms with E-state index in [9.17, 15) is 0 Å². The molecule has 0 aromatic carbocycles. The highest BCUT2D eigenvalue weighted by Crippen LogP contribution is 2.46. The van der Waals surface area contributed by atoms with Crippen LogP contribution in [0.2, 0.25) is 0 Å². The molecule has 0 atom stereocenters. The third kappa shape index (κ3) is 1.16. The Bertz CT molecular complexity index is 564. The average Bonchev–Trinajstić information content (AvgIpc) is 3.14. The summed E-state index contributed by atoms with van der Waals surface area (Å²) in [6.45, 7) is 0. The zero-order valence-corrected chi connectivity index (χ0v) is 9.06. The van der Waals surface area contributed by atoms with Crippen molar-refractivity contribution in [3.8, 4) is 0 Å². The first-order valence-electron chi connectivity index (χ1n) is 5.96. The first-order chi connectivity index (χ1) is 7.83. The second kappa shape index (κ2) is 2.75. The zero-order valence-electron chi connectivity index (χ0n) is 9.06. The molecule has 0 aliphatic heterocycles. The van der Waals surface area contributed by atoms with Crippen molar-refractivity contribution in [2.75, 3.05) is 5.73 Å². The highest BCUT2D eigenvalue weighted by atomic mass is 15.2. The maximum absolute atomic E-state index is 5.75.